The molecule has 7 heteroatoms. The third kappa shape index (κ3) is 3.51. The van der Waals surface area contributed by atoms with E-state index in [-0.39, 0.29) is 12.2 Å². The van der Waals surface area contributed by atoms with Crippen LogP contribution in [0.3, 0.4) is 0 Å². The summed E-state index contributed by atoms with van der Waals surface area (Å²) < 4.78 is 38.5. The maximum Gasteiger partial charge on any atom is 0.449 e. The SMILES string of the molecule is Cc1cc(C)cc(CN2CCc3c(nc(C(F)(F)F)[nH]c3=O)C2)c1. The van der Waals surface area contributed by atoms with E-state index in [9.17, 15) is 18.0 Å². The molecule has 3 rings (SSSR count). The molecule has 128 valence electrons. The maximum absolute atomic E-state index is 12.8. The van der Waals surface area contributed by atoms with Crippen LogP contribution in [0.25, 0.3) is 0 Å². The molecule has 0 bridgehead atoms. The highest BCUT2D eigenvalue weighted by molar-refractivity contribution is 5.29. The van der Waals surface area contributed by atoms with Gasteiger partial charge in [0.15, 0.2) is 0 Å². The average molecular weight is 337 g/mol. The molecule has 2 aromatic rings. The Morgan fingerprint density at radius 1 is 1.21 bits per heavy atom. The number of halogens is 3. The van der Waals surface area contributed by atoms with Gasteiger partial charge in [0, 0.05) is 25.2 Å². The summed E-state index contributed by atoms with van der Waals surface area (Å²) in [5.74, 6) is -1.22. The van der Waals surface area contributed by atoms with Crippen LogP contribution in [0.1, 0.15) is 33.8 Å². The maximum atomic E-state index is 12.8. The molecule has 4 nitrogen and oxygen atoms in total. The van der Waals surface area contributed by atoms with E-state index >= 15 is 0 Å². The molecule has 0 aliphatic carbocycles. The van der Waals surface area contributed by atoms with E-state index in [2.05, 4.69) is 23.2 Å². The fourth-order valence-electron chi connectivity index (χ4n) is 3.18. The lowest BCUT2D eigenvalue weighted by atomic mass is 10.0. The summed E-state index contributed by atoms with van der Waals surface area (Å²) >= 11 is 0. The van der Waals surface area contributed by atoms with E-state index < -0.39 is 17.6 Å². The van der Waals surface area contributed by atoms with E-state index in [0.29, 0.717) is 25.1 Å². The molecular formula is C17H18F3N3O. The lowest BCUT2D eigenvalue weighted by Gasteiger charge is -2.28. The van der Waals surface area contributed by atoms with Gasteiger partial charge in [0.1, 0.15) is 0 Å². The van der Waals surface area contributed by atoms with Gasteiger partial charge in [-0.15, -0.1) is 0 Å². The molecule has 2 heterocycles. The fraction of sp³-hybridized carbons (Fsp3) is 0.412. The van der Waals surface area contributed by atoms with Crippen LogP contribution in [0.5, 0.6) is 0 Å². The molecule has 1 N–H and O–H groups in total. The van der Waals surface area contributed by atoms with Gasteiger partial charge in [0.2, 0.25) is 5.82 Å². The Morgan fingerprint density at radius 2 is 1.88 bits per heavy atom. The van der Waals surface area contributed by atoms with E-state index in [1.165, 1.54) is 0 Å². The topological polar surface area (TPSA) is 49.0 Å². The van der Waals surface area contributed by atoms with Crippen LogP contribution in [-0.4, -0.2) is 21.4 Å². The van der Waals surface area contributed by atoms with Crippen LogP contribution in [0.4, 0.5) is 13.2 Å². The molecule has 0 amide bonds. The van der Waals surface area contributed by atoms with Crippen LogP contribution in [0, 0.1) is 13.8 Å². The number of nitrogens with one attached hydrogen (secondary N) is 1. The molecule has 0 saturated carbocycles. The number of nitrogens with zero attached hydrogens (tertiary/aromatic N) is 2. The Bertz CT molecular complexity index is 807. The first-order valence-electron chi connectivity index (χ1n) is 7.71. The van der Waals surface area contributed by atoms with Crippen molar-refractivity contribution in [2.75, 3.05) is 6.54 Å². The zero-order valence-electron chi connectivity index (χ0n) is 13.5. The highest BCUT2D eigenvalue weighted by Crippen LogP contribution is 2.27. The van der Waals surface area contributed by atoms with Gasteiger partial charge in [-0.05, 0) is 25.8 Å². The summed E-state index contributed by atoms with van der Waals surface area (Å²) in [4.78, 5) is 19.4. The summed E-state index contributed by atoms with van der Waals surface area (Å²) in [6, 6.07) is 6.20. The minimum Gasteiger partial charge on any atom is -0.303 e. The third-order valence-electron chi connectivity index (χ3n) is 4.11. The number of hydrogen-bond donors (Lipinski definition) is 1. The Morgan fingerprint density at radius 3 is 2.50 bits per heavy atom. The predicted octanol–water partition coefficient (Wildman–Crippen LogP) is 2.96. The standard InChI is InChI=1S/C17H18F3N3O/c1-10-5-11(2)7-12(6-10)8-23-4-3-13-14(9-23)21-16(17(18,19)20)22-15(13)24/h5-7H,3-4,8-9H2,1-2H3,(H,21,22,24). The third-order valence-corrected chi connectivity index (χ3v) is 4.11. The van der Waals surface area contributed by atoms with Crippen LogP contribution in [0.15, 0.2) is 23.0 Å². The number of rotatable bonds is 2. The first-order valence-corrected chi connectivity index (χ1v) is 7.71. The first kappa shape index (κ1) is 16.7. The van der Waals surface area contributed by atoms with E-state index in [0.717, 1.165) is 16.7 Å². The zero-order valence-corrected chi connectivity index (χ0v) is 13.5. The number of fused-ring (bicyclic) bond motifs is 1. The molecule has 0 radical (unpaired) electrons. The van der Waals surface area contributed by atoms with Gasteiger partial charge in [-0.3, -0.25) is 9.69 Å². The minimum atomic E-state index is -4.65. The van der Waals surface area contributed by atoms with Crippen molar-refractivity contribution in [1.29, 1.82) is 0 Å². The van der Waals surface area contributed by atoms with Crippen molar-refractivity contribution in [2.24, 2.45) is 0 Å². The number of benzene rings is 1. The molecule has 0 unspecified atom stereocenters. The molecule has 1 aliphatic rings. The number of aromatic nitrogens is 2. The van der Waals surface area contributed by atoms with E-state index in [1.54, 1.807) is 0 Å². The second kappa shape index (κ2) is 6.05. The van der Waals surface area contributed by atoms with Crippen molar-refractivity contribution in [3.8, 4) is 0 Å². The van der Waals surface area contributed by atoms with Crippen molar-refractivity contribution in [2.45, 2.75) is 39.5 Å². The van der Waals surface area contributed by atoms with Crippen molar-refractivity contribution in [3.63, 3.8) is 0 Å². The molecule has 0 atom stereocenters. The number of aromatic amines is 1. The van der Waals surface area contributed by atoms with Gasteiger partial charge in [-0.1, -0.05) is 29.3 Å². The number of alkyl halides is 3. The van der Waals surface area contributed by atoms with Gasteiger partial charge < -0.3 is 4.98 Å². The van der Waals surface area contributed by atoms with Gasteiger partial charge >= 0.3 is 6.18 Å². The lowest BCUT2D eigenvalue weighted by Crippen LogP contribution is -2.36. The average Bonchev–Trinajstić information content (AvgIpc) is 2.44. The monoisotopic (exact) mass is 337 g/mol. The first-order chi connectivity index (χ1) is 11.2. The number of H-pyrrole nitrogens is 1. The van der Waals surface area contributed by atoms with E-state index in [4.69, 9.17) is 0 Å². The van der Waals surface area contributed by atoms with Gasteiger partial charge in [-0.25, -0.2) is 4.98 Å². The summed E-state index contributed by atoms with van der Waals surface area (Å²) in [5.41, 5.74) is 3.31. The second-order valence-electron chi connectivity index (χ2n) is 6.29. The molecule has 0 fully saturated rings. The fourth-order valence-corrected chi connectivity index (χ4v) is 3.18. The quantitative estimate of drug-likeness (QED) is 0.917. The van der Waals surface area contributed by atoms with Gasteiger partial charge in [0.05, 0.1) is 5.69 Å². The number of aryl methyl sites for hydroxylation is 2. The highest BCUT2D eigenvalue weighted by Gasteiger charge is 2.35. The highest BCUT2D eigenvalue weighted by atomic mass is 19.4. The molecule has 0 spiro atoms. The lowest BCUT2D eigenvalue weighted by molar-refractivity contribution is -0.145. The Balaban J connectivity index is 1.85. The van der Waals surface area contributed by atoms with Gasteiger partial charge in [-0.2, -0.15) is 13.2 Å². The summed E-state index contributed by atoms with van der Waals surface area (Å²) in [6.45, 7) is 5.51. The Hall–Kier alpha value is -2.15. The Kier molecular flexibility index (Phi) is 4.21. The summed E-state index contributed by atoms with van der Waals surface area (Å²) in [6.07, 6.45) is -4.25. The second-order valence-corrected chi connectivity index (χ2v) is 6.29. The van der Waals surface area contributed by atoms with Crippen molar-refractivity contribution in [3.05, 3.63) is 62.3 Å². The predicted molar refractivity (Wildman–Crippen MR) is 83.6 cm³/mol. The zero-order chi connectivity index (χ0) is 17.5. The molecule has 0 saturated heterocycles. The van der Waals surface area contributed by atoms with Crippen molar-refractivity contribution in [1.82, 2.24) is 14.9 Å². The molecule has 24 heavy (non-hydrogen) atoms. The van der Waals surface area contributed by atoms with Crippen molar-refractivity contribution < 1.29 is 13.2 Å². The van der Waals surface area contributed by atoms with Crippen LogP contribution < -0.4 is 5.56 Å². The summed E-state index contributed by atoms with van der Waals surface area (Å²) in [7, 11) is 0. The molecule has 1 aliphatic heterocycles. The molecular weight excluding hydrogens is 319 g/mol. The van der Waals surface area contributed by atoms with Crippen LogP contribution in [-0.2, 0) is 25.7 Å². The van der Waals surface area contributed by atoms with E-state index in [1.807, 2.05) is 23.7 Å². The van der Waals surface area contributed by atoms with Crippen LogP contribution >= 0.6 is 0 Å². The van der Waals surface area contributed by atoms with Crippen LogP contribution in [0.2, 0.25) is 0 Å². The van der Waals surface area contributed by atoms with Crippen molar-refractivity contribution >= 4 is 0 Å². The largest absolute Gasteiger partial charge is 0.449 e. The molecule has 1 aromatic heterocycles. The smallest absolute Gasteiger partial charge is 0.303 e. The normalized spacial score (nSPS) is 15.4. The minimum absolute atomic E-state index is 0.224. The summed E-state index contributed by atoms with van der Waals surface area (Å²) in [5, 5.41) is 0. The van der Waals surface area contributed by atoms with Gasteiger partial charge in [0.25, 0.3) is 5.56 Å². The number of hydrogen-bond acceptors (Lipinski definition) is 3. The Labute approximate surface area is 137 Å². The molecule has 1 aromatic carbocycles.